The van der Waals surface area contributed by atoms with Crippen molar-refractivity contribution in [3.63, 3.8) is 0 Å². The number of hydrogen-bond donors (Lipinski definition) is 2. The van der Waals surface area contributed by atoms with E-state index in [1.54, 1.807) is 18.2 Å². The van der Waals surface area contributed by atoms with Crippen LogP contribution in [-0.4, -0.2) is 17.6 Å². The second-order valence-corrected chi connectivity index (χ2v) is 7.14. The van der Waals surface area contributed by atoms with Gasteiger partial charge in [0.25, 0.3) is 5.91 Å². The molecule has 0 radical (unpaired) electrons. The molecule has 1 amide bonds. The van der Waals surface area contributed by atoms with Crippen LogP contribution >= 0.6 is 51.3 Å². The normalized spacial score (nSPS) is 10.2. The molecule has 0 aliphatic rings. The van der Waals surface area contributed by atoms with Crippen LogP contribution in [0.25, 0.3) is 0 Å². The SMILES string of the molecule is CCc1ccc(OCC(=O)NC(=S)Nc2ccc(Cl)cc2Cl)c(Br)c1. The Labute approximate surface area is 170 Å². The minimum atomic E-state index is -0.381. The Morgan fingerprint density at radius 2 is 2.00 bits per heavy atom. The molecule has 0 aliphatic carbocycles. The van der Waals surface area contributed by atoms with Gasteiger partial charge in [0.2, 0.25) is 0 Å². The molecule has 0 atom stereocenters. The first-order valence-corrected chi connectivity index (χ1v) is 9.32. The Balaban J connectivity index is 1.86. The standard InChI is InChI=1S/C17H15BrCl2N2O2S/c1-2-10-3-6-15(12(18)7-10)24-9-16(23)22-17(25)21-14-5-4-11(19)8-13(14)20/h3-8H,2,9H2,1H3,(H2,21,22,23,25). The third-order valence-electron chi connectivity index (χ3n) is 3.20. The van der Waals surface area contributed by atoms with Crippen molar-refractivity contribution in [2.24, 2.45) is 0 Å². The summed E-state index contributed by atoms with van der Waals surface area (Å²) in [4.78, 5) is 12.0. The molecule has 0 heterocycles. The van der Waals surface area contributed by atoms with Crippen molar-refractivity contribution < 1.29 is 9.53 Å². The van der Waals surface area contributed by atoms with Crippen LogP contribution in [0.3, 0.4) is 0 Å². The van der Waals surface area contributed by atoms with Crippen LogP contribution in [0.2, 0.25) is 10.0 Å². The van der Waals surface area contributed by atoms with E-state index in [-0.39, 0.29) is 17.6 Å². The molecule has 0 aromatic heterocycles. The second-order valence-electron chi connectivity index (χ2n) is 5.03. The number of ether oxygens (including phenoxy) is 1. The van der Waals surface area contributed by atoms with Crippen LogP contribution in [0.15, 0.2) is 40.9 Å². The smallest absolute Gasteiger partial charge is 0.264 e. The molecule has 132 valence electrons. The van der Waals surface area contributed by atoms with Crippen molar-refractivity contribution in [1.82, 2.24) is 5.32 Å². The quantitative estimate of drug-likeness (QED) is 0.600. The maximum Gasteiger partial charge on any atom is 0.264 e. The largest absolute Gasteiger partial charge is 0.483 e. The number of halogens is 3. The van der Waals surface area contributed by atoms with Gasteiger partial charge in [0, 0.05) is 5.02 Å². The number of rotatable bonds is 5. The first kappa shape index (κ1) is 20.0. The lowest BCUT2D eigenvalue weighted by Crippen LogP contribution is -2.37. The molecule has 0 unspecified atom stereocenters. The first-order chi connectivity index (χ1) is 11.9. The van der Waals surface area contributed by atoms with E-state index in [1.807, 2.05) is 18.2 Å². The van der Waals surface area contributed by atoms with Crippen LogP contribution in [0, 0.1) is 0 Å². The van der Waals surface area contributed by atoms with Crippen molar-refractivity contribution >= 4 is 68.1 Å². The Morgan fingerprint density at radius 1 is 1.24 bits per heavy atom. The topological polar surface area (TPSA) is 50.4 Å². The highest BCUT2D eigenvalue weighted by atomic mass is 79.9. The van der Waals surface area contributed by atoms with Gasteiger partial charge in [0.15, 0.2) is 11.7 Å². The van der Waals surface area contributed by atoms with E-state index >= 15 is 0 Å². The minimum absolute atomic E-state index is 0.123. The Bertz CT molecular complexity index is 802. The molecule has 0 saturated carbocycles. The molecule has 2 N–H and O–H groups in total. The van der Waals surface area contributed by atoms with Crippen LogP contribution < -0.4 is 15.4 Å². The van der Waals surface area contributed by atoms with Crippen LogP contribution in [0.5, 0.6) is 5.75 Å². The zero-order valence-electron chi connectivity index (χ0n) is 13.2. The second kappa shape index (κ2) is 9.38. The predicted molar refractivity (Wildman–Crippen MR) is 110 cm³/mol. The zero-order valence-corrected chi connectivity index (χ0v) is 17.2. The summed E-state index contributed by atoms with van der Waals surface area (Å²) in [5.41, 5.74) is 1.73. The predicted octanol–water partition coefficient (Wildman–Crippen LogP) is 5.21. The molecule has 0 saturated heterocycles. The molecule has 2 aromatic carbocycles. The van der Waals surface area contributed by atoms with Gasteiger partial charge in [-0.05, 0) is 70.5 Å². The summed E-state index contributed by atoms with van der Waals surface area (Å²) in [5, 5.41) is 6.41. The molecular formula is C17H15BrCl2N2O2S. The highest BCUT2D eigenvalue weighted by molar-refractivity contribution is 9.10. The van der Waals surface area contributed by atoms with Crippen LogP contribution in [0.1, 0.15) is 12.5 Å². The average molecular weight is 462 g/mol. The number of nitrogens with one attached hydrogen (secondary N) is 2. The molecule has 0 spiro atoms. The van der Waals surface area contributed by atoms with Crippen molar-refractivity contribution in [3.8, 4) is 5.75 Å². The molecule has 8 heteroatoms. The Kier molecular flexibility index (Phi) is 7.50. The van der Waals surface area contributed by atoms with E-state index in [9.17, 15) is 4.79 Å². The molecular weight excluding hydrogens is 447 g/mol. The number of amides is 1. The number of carbonyl (C=O) groups is 1. The summed E-state index contributed by atoms with van der Waals surface area (Å²) in [5.74, 6) is 0.209. The summed E-state index contributed by atoms with van der Waals surface area (Å²) < 4.78 is 6.30. The average Bonchev–Trinajstić information content (AvgIpc) is 2.56. The maximum atomic E-state index is 12.0. The van der Waals surface area contributed by atoms with Gasteiger partial charge in [-0.3, -0.25) is 10.1 Å². The lowest BCUT2D eigenvalue weighted by molar-refractivity contribution is -0.121. The number of anilines is 1. The summed E-state index contributed by atoms with van der Waals surface area (Å²) in [6.45, 7) is 1.90. The van der Waals surface area contributed by atoms with E-state index in [0.29, 0.717) is 21.5 Å². The summed E-state index contributed by atoms with van der Waals surface area (Å²) >= 11 is 20.4. The van der Waals surface area contributed by atoms with Crippen LogP contribution in [-0.2, 0) is 11.2 Å². The van der Waals surface area contributed by atoms with Gasteiger partial charge in [0.05, 0.1) is 15.2 Å². The highest BCUT2D eigenvalue weighted by Crippen LogP contribution is 2.26. The van der Waals surface area contributed by atoms with Crippen molar-refractivity contribution in [3.05, 3.63) is 56.5 Å². The van der Waals surface area contributed by atoms with Crippen molar-refractivity contribution in [2.75, 3.05) is 11.9 Å². The maximum absolute atomic E-state index is 12.0. The third kappa shape index (κ3) is 6.15. The fraction of sp³-hybridized carbons (Fsp3) is 0.176. The van der Waals surface area contributed by atoms with Gasteiger partial charge >= 0.3 is 0 Å². The summed E-state index contributed by atoms with van der Waals surface area (Å²) in [7, 11) is 0. The van der Waals surface area contributed by atoms with E-state index < -0.39 is 0 Å². The van der Waals surface area contributed by atoms with Gasteiger partial charge in [-0.15, -0.1) is 0 Å². The van der Waals surface area contributed by atoms with Gasteiger partial charge < -0.3 is 10.1 Å². The summed E-state index contributed by atoms with van der Waals surface area (Å²) in [6, 6.07) is 10.7. The van der Waals surface area contributed by atoms with Crippen molar-refractivity contribution in [1.29, 1.82) is 0 Å². The van der Waals surface area contributed by atoms with Gasteiger partial charge in [0.1, 0.15) is 5.75 Å². The number of carbonyl (C=O) groups excluding carboxylic acids is 1. The van der Waals surface area contributed by atoms with Gasteiger partial charge in [-0.1, -0.05) is 36.2 Å². The fourth-order valence-electron chi connectivity index (χ4n) is 1.93. The van der Waals surface area contributed by atoms with E-state index in [2.05, 4.69) is 33.5 Å². The minimum Gasteiger partial charge on any atom is -0.483 e. The monoisotopic (exact) mass is 460 g/mol. The fourth-order valence-corrected chi connectivity index (χ4v) is 3.15. The summed E-state index contributed by atoms with van der Waals surface area (Å²) in [6.07, 6.45) is 0.923. The van der Waals surface area contributed by atoms with E-state index in [1.165, 1.54) is 5.56 Å². The molecule has 0 fully saturated rings. The Morgan fingerprint density at radius 3 is 2.64 bits per heavy atom. The molecule has 2 aromatic rings. The zero-order chi connectivity index (χ0) is 18.4. The highest BCUT2D eigenvalue weighted by Gasteiger charge is 2.09. The molecule has 4 nitrogen and oxygen atoms in total. The Hall–Kier alpha value is -1.34. The van der Waals surface area contributed by atoms with Crippen molar-refractivity contribution in [2.45, 2.75) is 13.3 Å². The number of thiocarbonyl (C=S) groups is 1. The first-order valence-electron chi connectivity index (χ1n) is 7.36. The lowest BCUT2D eigenvalue weighted by Gasteiger charge is -2.12. The molecule has 0 aliphatic heterocycles. The molecule has 2 rings (SSSR count). The molecule has 25 heavy (non-hydrogen) atoms. The van der Waals surface area contributed by atoms with Gasteiger partial charge in [-0.25, -0.2) is 0 Å². The third-order valence-corrected chi connectivity index (χ3v) is 4.57. The van der Waals surface area contributed by atoms with E-state index in [4.69, 9.17) is 40.2 Å². The number of benzene rings is 2. The van der Waals surface area contributed by atoms with Crippen LogP contribution in [0.4, 0.5) is 5.69 Å². The number of hydrogen-bond acceptors (Lipinski definition) is 3. The molecule has 0 bridgehead atoms. The van der Waals surface area contributed by atoms with Gasteiger partial charge in [-0.2, -0.15) is 0 Å². The lowest BCUT2D eigenvalue weighted by atomic mass is 10.2. The number of aryl methyl sites for hydroxylation is 1. The van der Waals surface area contributed by atoms with E-state index in [0.717, 1.165) is 10.9 Å².